The molecule has 2 aromatic heterocycles. The first-order chi connectivity index (χ1) is 13.0. The molecule has 4 aromatic rings. The molecular weight excluding hydrogens is 374 g/mol. The fraction of sp³-hybridized carbons (Fsp3) is 0.250. The second-order valence-electron chi connectivity index (χ2n) is 6.77. The molecule has 4 rings (SSSR count). The summed E-state index contributed by atoms with van der Waals surface area (Å²) in [6, 6.07) is 16.6. The number of hydrogen-bond acceptors (Lipinski definition) is 5. The molecule has 0 fully saturated rings. The van der Waals surface area contributed by atoms with Gasteiger partial charge in [-0.1, -0.05) is 35.9 Å². The van der Waals surface area contributed by atoms with E-state index in [9.17, 15) is 0 Å². The Morgan fingerprint density at radius 1 is 1.15 bits per heavy atom. The van der Waals surface area contributed by atoms with E-state index < -0.39 is 0 Å². The molecule has 27 heavy (non-hydrogen) atoms. The fourth-order valence-corrected chi connectivity index (χ4v) is 4.35. The number of para-hydroxylation sites is 1. The van der Waals surface area contributed by atoms with Crippen molar-refractivity contribution in [3.05, 3.63) is 63.9 Å². The Balaban J connectivity index is 1.55. The van der Waals surface area contributed by atoms with Gasteiger partial charge in [0.05, 0.1) is 23.4 Å². The first-order valence-electron chi connectivity index (χ1n) is 8.75. The molecule has 0 N–H and O–H groups in total. The zero-order chi connectivity index (χ0) is 19.0. The number of aryl methyl sites for hydroxylation is 1. The second-order valence-corrected chi connectivity index (χ2v) is 8.25. The van der Waals surface area contributed by atoms with Crippen molar-refractivity contribution in [3.63, 3.8) is 0 Å². The average molecular weight is 396 g/mol. The summed E-state index contributed by atoms with van der Waals surface area (Å²) in [5.41, 5.74) is 3.35. The van der Waals surface area contributed by atoms with Gasteiger partial charge >= 0.3 is 0 Å². The third-order valence-corrected chi connectivity index (χ3v) is 5.94. The standard InChI is InChI=1S/C20H21N5S2/c1-14-7-6-8-15(11-14)19-22-25(20(26)24(19)3)13-23(2)12-18-21-16-9-4-5-10-17(16)27-18/h4-11H,12-13H2,1-3H3. The number of rotatable bonds is 5. The van der Waals surface area contributed by atoms with Gasteiger partial charge in [0.25, 0.3) is 0 Å². The molecule has 0 unspecified atom stereocenters. The van der Waals surface area contributed by atoms with Gasteiger partial charge in [0.15, 0.2) is 10.6 Å². The summed E-state index contributed by atoms with van der Waals surface area (Å²) in [7, 11) is 4.03. The van der Waals surface area contributed by atoms with Gasteiger partial charge in [0.1, 0.15) is 5.01 Å². The van der Waals surface area contributed by atoms with Crippen molar-refractivity contribution in [2.24, 2.45) is 7.05 Å². The van der Waals surface area contributed by atoms with E-state index in [1.165, 1.54) is 10.3 Å². The van der Waals surface area contributed by atoms with Crippen molar-refractivity contribution in [1.82, 2.24) is 24.2 Å². The normalized spacial score (nSPS) is 11.6. The Labute approximate surface area is 167 Å². The van der Waals surface area contributed by atoms with Gasteiger partial charge in [-0.05, 0) is 44.4 Å². The Bertz CT molecular complexity index is 1120. The van der Waals surface area contributed by atoms with Crippen LogP contribution in [0.3, 0.4) is 0 Å². The zero-order valence-corrected chi connectivity index (χ0v) is 17.2. The number of hydrogen-bond donors (Lipinski definition) is 0. The van der Waals surface area contributed by atoms with Gasteiger partial charge in [-0.2, -0.15) is 5.10 Å². The maximum Gasteiger partial charge on any atom is 0.199 e. The van der Waals surface area contributed by atoms with Crippen LogP contribution in [0.25, 0.3) is 21.6 Å². The quantitative estimate of drug-likeness (QED) is 0.462. The van der Waals surface area contributed by atoms with E-state index in [1.54, 1.807) is 11.3 Å². The monoisotopic (exact) mass is 395 g/mol. The van der Waals surface area contributed by atoms with Crippen LogP contribution in [-0.4, -0.2) is 31.3 Å². The van der Waals surface area contributed by atoms with Gasteiger partial charge < -0.3 is 4.57 Å². The van der Waals surface area contributed by atoms with Crippen LogP contribution in [0.1, 0.15) is 10.6 Å². The molecule has 0 saturated heterocycles. The van der Waals surface area contributed by atoms with Gasteiger partial charge in [-0.25, -0.2) is 9.67 Å². The van der Waals surface area contributed by atoms with E-state index in [1.807, 2.05) is 34.5 Å². The molecule has 0 aliphatic carbocycles. The van der Waals surface area contributed by atoms with Crippen molar-refractivity contribution in [3.8, 4) is 11.4 Å². The van der Waals surface area contributed by atoms with Crippen molar-refractivity contribution in [1.29, 1.82) is 0 Å². The highest BCUT2D eigenvalue weighted by molar-refractivity contribution is 7.71. The second kappa shape index (κ2) is 7.34. The highest BCUT2D eigenvalue weighted by Crippen LogP contribution is 2.23. The smallest absolute Gasteiger partial charge is 0.199 e. The van der Waals surface area contributed by atoms with Crippen LogP contribution in [0, 0.1) is 11.7 Å². The summed E-state index contributed by atoms with van der Waals surface area (Å²) in [5, 5.41) is 5.86. The molecule has 0 aliphatic rings. The Morgan fingerprint density at radius 3 is 2.74 bits per heavy atom. The lowest BCUT2D eigenvalue weighted by molar-refractivity contribution is 0.244. The lowest BCUT2D eigenvalue weighted by Crippen LogP contribution is -2.22. The van der Waals surface area contributed by atoms with Crippen molar-refractivity contribution < 1.29 is 0 Å². The first-order valence-corrected chi connectivity index (χ1v) is 9.97. The van der Waals surface area contributed by atoms with Gasteiger partial charge in [0.2, 0.25) is 0 Å². The van der Waals surface area contributed by atoms with Crippen molar-refractivity contribution in [2.75, 3.05) is 7.05 Å². The van der Waals surface area contributed by atoms with Gasteiger partial charge in [-0.15, -0.1) is 11.3 Å². The molecule has 2 aromatic carbocycles. The summed E-state index contributed by atoms with van der Waals surface area (Å²) >= 11 is 7.34. The number of thiazole rings is 1. The topological polar surface area (TPSA) is 38.9 Å². The number of nitrogens with zero attached hydrogens (tertiary/aromatic N) is 5. The van der Waals surface area contributed by atoms with E-state index in [2.05, 4.69) is 49.2 Å². The summed E-state index contributed by atoms with van der Waals surface area (Å²) in [5.74, 6) is 0.886. The molecule has 0 bridgehead atoms. The Hall–Kier alpha value is -2.35. The van der Waals surface area contributed by atoms with Crippen LogP contribution in [0.5, 0.6) is 0 Å². The molecule has 2 heterocycles. The molecule has 0 radical (unpaired) electrons. The Morgan fingerprint density at radius 2 is 1.96 bits per heavy atom. The Kier molecular flexibility index (Phi) is 4.90. The fourth-order valence-electron chi connectivity index (χ4n) is 3.11. The first kappa shape index (κ1) is 18.0. The van der Waals surface area contributed by atoms with E-state index in [4.69, 9.17) is 22.3 Å². The predicted octanol–water partition coefficient (Wildman–Crippen LogP) is 4.63. The number of aromatic nitrogens is 4. The van der Waals surface area contributed by atoms with Crippen LogP contribution in [0.15, 0.2) is 48.5 Å². The van der Waals surface area contributed by atoms with E-state index >= 15 is 0 Å². The summed E-state index contributed by atoms with van der Waals surface area (Å²) in [4.78, 5) is 6.89. The molecular formula is C20H21N5S2. The maximum absolute atomic E-state index is 5.61. The SMILES string of the molecule is Cc1cccc(-c2nn(CN(C)Cc3nc4ccccc4s3)c(=S)n2C)c1. The molecule has 0 aliphatic heterocycles. The number of benzene rings is 2. The van der Waals surface area contributed by atoms with E-state index in [0.29, 0.717) is 11.4 Å². The minimum Gasteiger partial charge on any atom is -0.303 e. The highest BCUT2D eigenvalue weighted by Gasteiger charge is 2.13. The van der Waals surface area contributed by atoms with Gasteiger partial charge in [0, 0.05) is 12.6 Å². The van der Waals surface area contributed by atoms with Crippen molar-refractivity contribution >= 4 is 33.8 Å². The zero-order valence-electron chi connectivity index (χ0n) is 15.6. The van der Waals surface area contributed by atoms with Crippen molar-refractivity contribution in [2.45, 2.75) is 20.1 Å². The third kappa shape index (κ3) is 3.71. The minimum atomic E-state index is 0.619. The summed E-state index contributed by atoms with van der Waals surface area (Å²) in [6.07, 6.45) is 0. The molecule has 0 atom stereocenters. The highest BCUT2D eigenvalue weighted by atomic mass is 32.1. The summed E-state index contributed by atoms with van der Waals surface area (Å²) < 4.78 is 5.77. The van der Waals surface area contributed by atoms with E-state index in [-0.39, 0.29) is 0 Å². The predicted molar refractivity (Wildman–Crippen MR) is 113 cm³/mol. The van der Waals surface area contributed by atoms with Crippen LogP contribution in [0.4, 0.5) is 0 Å². The molecule has 0 amide bonds. The van der Waals surface area contributed by atoms with E-state index in [0.717, 1.165) is 28.5 Å². The lowest BCUT2D eigenvalue weighted by Gasteiger charge is -2.14. The molecule has 7 heteroatoms. The molecule has 0 saturated carbocycles. The summed E-state index contributed by atoms with van der Waals surface area (Å²) in [6.45, 7) is 3.47. The van der Waals surface area contributed by atoms with Gasteiger partial charge in [-0.3, -0.25) is 4.90 Å². The maximum atomic E-state index is 5.61. The van der Waals surface area contributed by atoms with Crippen LogP contribution >= 0.6 is 23.6 Å². The molecule has 138 valence electrons. The lowest BCUT2D eigenvalue weighted by atomic mass is 10.1. The number of fused-ring (bicyclic) bond motifs is 1. The van der Waals surface area contributed by atoms with Crippen LogP contribution < -0.4 is 0 Å². The molecule has 5 nitrogen and oxygen atoms in total. The molecule has 0 spiro atoms. The third-order valence-electron chi connectivity index (χ3n) is 4.44. The van der Waals surface area contributed by atoms with Crippen LogP contribution in [-0.2, 0) is 20.3 Å². The minimum absolute atomic E-state index is 0.619. The average Bonchev–Trinajstić information content (AvgIpc) is 3.17. The largest absolute Gasteiger partial charge is 0.303 e. The van der Waals surface area contributed by atoms with Crippen LogP contribution in [0.2, 0.25) is 0 Å².